The Labute approximate surface area is 179 Å². The number of carboxylic acid groups (broad SMARTS) is 1. The Hall–Kier alpha value is -2.82. The number of anilines is 1. The molecule has 0 radical (unpaired) electrons. The molecule has 2 heterocycles. The molecule has 4 N–H and O–H groups in total. The van der Waals surface area contributed by atoms with Crippen LogP contribution in [0.3, 0.4) is 0 Å². The Balaban J connectivity index is 1.64. The van der Waals surface area contributed by atoms with Crippen molar-refractivity contribution in [3.63, 3.8) is 0 Å². The predicted octanol–water partition coefficient (Wildman–Crippen LogP) is 2.22. The van der Waals surface area contributed by atoms with E-state index in [1.165, 1.54) is 11.8 Å². The number of carbonyl (C=O) groups is 2. The molecule has 1 aliphatic heterocycles. The molecule has 1 fully saturated rings. The molecule has 0 saturated carbocycles. The van der Waals surface area contributed by atoms with Crippen molar-refractivity contribution in [2.24, 2.45) is 4.99 Å². The first-order valence-electron chi connectivity index (χ1n) is 9.80. The van der Waals surface area contributed by atoms with E-state index in [-0.39, 0.29) is 5.91 Å². The van der Waals surface area contributed by atoms with Crippen LogP contribution < -0.4 is 16.0 Å². The molecule has 2 aromatic rings. The topological polar surface area (TPSA) is 119 Å². The van der Waals surface area contributed by atoms with Crippen molar-refractivity contribution in [1.29, 1.82) is 0 Å². The SMILES string of the molecule is CC(=O)Nc1nc(CCc2ccc(N=CNC(=O)O)cc2)c(CN2CCNCC2)s1. The number of aryl methyl sites for hydroxylation is 2. The van der Waals surface area contributed by atoms with Crippen molar-refractivity contribution in [1.82, 2.24) is 20.5 Å². The number of benzene rings is 1. The maximum absolute atomic E-state index is 11.4. The van der Waals surface area contributed by atoms with Gasteiger partial charge in [-0.3, -0.25) is 15.0 Å². The maximum Gasteiger partial charge on any atom is 0.409 e. The number of carbonyl (C=O) groups excluding carboxylic acids is 1. The summed E-state index contributed by atoms with van der Waals surface area (Å²) in [6.45, 7) is 6.33. The maximum atomic E-state index is 11.4. The summed E-state index contributed by atoms with van der Waals surface area (Å²) in [7, 11) is 0. The van der Waals surface area contributed by atoms with Crippen LogP contribution in [0.25, 0.3) is 0 Å². The minimum atomic E-state index is -1.14. The summed E-state index contributed by atoms with van der Waals surface area (Å²) in [6.07, 6.45) is 1.60. The highest BCUT2D eigenvalue weighted by atomic mass is 32.1. The van der Waals surface area contributed by atoms with E-state index in [2.05, 4.69) is 30.8 Å². The van der Waals surface area contributed by atoms with Crippen LogP contribution in [0.2, 0.25) is 0 Å². The van der Waals surface area contributed by atoms with Crippen molar-refractivity contribution >= 4 is 40.5 Å². The number of hydrogen-bond donors (Lipinski definition) is 4. The number of amides is 2. The van der Waals surface area contributed by atoms with Gasteiger partial charge >= 0.3 is 6.09 Å². The highest BCUT2D eigenvalue weighted by Gasteiger charge is 2.17. The number of aliphatic imine (C=N–C) groups is 1. The lowest BCUT2D eigenvalue weighted by Crippen LogP contribution is -2.42. The number of hydrogen-bond acceptors (Lipinski definition) is 7. The third kappa shape index (κ3) is 6.90. The summed E-state index contributed by atoms with van der Waals surface area (Å²) < 4.78 is 0. The zero-order chi connectivity index (χ0) is 21.3. The van der Waals surface area contributed by atoms with Crippen LogP contribution in [0.1, 0.15) is 23.1 Å². The fourth-order valence-corrected chi connectivity index (χ4v) is 4.25. The Bertz CT molecular complexity index is 890. The summed E-state index contributed by atoms with van der Waals surface area (Å²) in [4.78, 5) is 34.2. The number of rotatable bonds is 8. The van der Waals surface area contributed by atoms with Crippen LogP contribution in [-0.2, 0) is 24.2 Å². The Kier molecular flexibility index (Phi) is 7.89. The lowest BCUT2D eigenvalue weighted by Gasteiger charge is -2.26. The normalized spacial score (nSPS) is 14.7. The molecule has 1 aromatic heterocycles. The third-order valence-corrected chi connectivity index (χ3v) is 5.62. The predicted molar refractivity (Wildman–Crippen MR) is 118 cm³/mol. The van der Waals surface area contributed by atoms with Crippen molar-refractivity contribution < 1.29 is 14.7 Å². The molecule has 1 saturated heterocycles. The summed E-state index contributed by atoms with van der Waals surface area (Å²) in [5, 5.41) is 17.5. The average Bonchev–Trinajstić information content (AvgIpc) is 3.08. The van der Waals surface area contributed by atoms with Gasteiger partial charge in [-0.2, -0.15) is 0 Å². The van der Waals surface area contributed by atoms with Crippen molar-refractivity contribution in [3.8, 4) is 0 Å². The molecule has 0 atom stereocenters. The second-order valence-electron chi connectivity index (χ2n) is 6.97. The summed E-state index contributed by atoms with van der Waals surface area (Å²) in [5.41, 5.74) is 2.84. The van der Waals surface area contributed by atoms with Crippen LogP contribution in [0.5, 0.6) is 0 Å². The highest BCUT2D eigenvalue weighted by Crippen LogP contribution is 2.26. The zero-order valence-corrected chi connectivity index (χ0v) is 17.7. The van der Waals surface area contributed by atoms with Crippen molar-refractivity contribution in [2.75, 3.05) is 31.5 Å². The van der Waals surface area contributed by atoms with Crippen LogP contribution >= 0.6 is 11.3 Å². The molecule has 2 amide bonds. The molecule has 9 nitrogen and oxygen atoms in total. The van der Waals surface area contributed by atoms with Gasteiger partial charge in [0.1, 0.15) is 0 Å². The summed E-state index contributed by atoms with van der Waals surface area (Å²) in [5.74, 6) is -0.113. The molecule has 10 heteroatoms. The van der Waals surface area contributed by atoms with Crippen molar-refractivity contribution in [3.05, 3.63) is 40.4 Å². The highest BCUT2D eigenvalue weighted by molar-refractivity contribution is 7.15. The van der Waals surface area contributed by atoms with E-state index in [9.17, 15) is 9.59 Å². The van der Waals surface area contributed by atoms with E-state index in [1.54, 1.807) is 11.3 Å². The Morgan fingerprint density at radius 2 is 2.00 bits per heavy atom. The first-order chi connectivity index (χ1) is 14.5. The summed E-state index contributed by atoms with van der Waals surface area (Å²) in [6, 6.07) is 7.65. The van der Waals surface area contributed by atoms with E-state index in [0.717, 1.165) is 63.2 Å². The van der Waals surface area contributed by atoms with Gasteiger partial charge in [0.15, 0.2) is 5.13 Å². The Morgan fingerprint density at radius 1 is 1.27 bits per heavy atom. The quantitative estimate of drug-likeness (QED) is 0.377. The van der Waals surface area contributed by atoms with Gasteiger partial charge in [0, 0.05) is 44.5 Å². The second kappa shape index (κ2) is 10.8. The lowest BCUT2D eigenvalue weighted by atomic mass is 10.1. The van der Waals surface area contributed by atoms with Gasteiger partial charge in [-0.25, -0.2) is 14.8 Å². The van der Waals surface area contributed by atoms with Gasteiger partial charge in [0.05, 0.1) is 17.7 Å². The van der Waals surface area contributed by atoms with Crippen LogP contribution in [0, 0.1) is 0 Å². The fourth-order valence-electron chi connectivity index (χ4n) is 3.15. The molecule has 0 spiro atoms. The minimum Gasteiger partial charge on any atom is -0.465 e. The van der Waals surface area contributed by atoms with E-state index in [1.807, 2.05) is 24.3 Å². The molecule has 160 valence electrons. The minimum absolute atomic E-state index is 0.113. The second-order valence-corrected chi connectivity index (χ2v) is 8.05. The number of nitrogens with zero attached hydrogens (tertiary/aromatic N) is 3. The Morgan fingerprint density at radius 3 is 2.67 bits per heavy atom. The van der Waals surface area contributed by atoms with Gasteiger partial charge in [-0.15, -0.1) is 11.3 Å². The molecule has 3 rings (SSSR count). The standard InChI is InChI=1S/C20H26N6O3S/c1-14(27)24-19-25-17(18(30-19)12-26-10-8-21-9-11-26)7-4-15-2-5-16(6-3-15)22-13-23-20(28)29/h2-3,5-6,13,21H,4,7-12H2,1H3,(H,22,23)(H,28,29)(H,24,25,27). The number of thiazole rings is 1. The van der Waals surface area contributed by atoms with Crippen molar-refractivity contribution in [2.45, 2.75) is 26.3 Å². The van der Waals surface area contributed by atoms with Gasteiger partial charge < -0.3 is 15.7 Å². The monoisotopic (exact) mass is 430 g/mol. The largest absolute Gasteiger partial charge is 0.465 e. The van der Waals surface area contributed by atoms with Crippen LogP contribution in [0.4, 0.5) is 15.6 Å². The molecule has 30 heavy (non-hydrogen) atoms. The zero-order valence-electron chi connectivity index (χ0n) is 16.9. The molecule has 0 bridgehead atoms. The lowest BCUT2D eigenvalue weighted by molar-refractivity contribution is -0.114. The molecule has 1 aromatic carbocycles. The molecular formula is C20H26N6O3S. The number of nitrogens with one attached hydrogen (secondary N) is 3. The van der Waals surface area contributed by atoms with Crippen LogP contribution in [0.15, 0.2) is 29.3 Å². The van der Waals surface area contributed by atoms with E-state index in [0.29, 0.717) is 10.8 Å². The summed E-state index contributed by atoms with van der Waals surface area (Å²) >= 11 is 1.55. The first-order valence-corrected chi connectivity index (χ1v) is 10.6. The van der Waals surface area contributed by atoms with Gasteiger partial charge in [0.2, 0.25) is 5.91 Å². The van der Waals surface area contributed by atoms with Gasteiger partial charge in [-0.05, 0) is 30.5 Å². The fraction of sp³-hybridized carbons (Fsp3) is 0.400. The molecule has 0 aliphatic carbocycles. The smallest absolute Gasteiger partial charge is 0.409 e. The van der Waals surface area contributed by atoms with Gasteiger partial charge in [-0.1, -0.05) is 12.1 Å². The average molecular weight is 431 g/mol. The number of piperazine rings is 1. The third-order valence-electron chi connectivity index (χ3n) is 4.63. The van der Waals surface area contributed by atoms with E-state index < -0.39 is 6.09 Å². The number of aromatic nitrogens is 1. The van der Waals surface area contributed by atoms with E-state index >= 15 is 0 Å². The molecule has 0 unspecified atom stereocenters. The van der Waals surface area contributed by atoms with Gasteiger partial charge in [0.25, 0.3) is 0 Å². The molecular weight excluding hydrogens is 404 g/mol. The van der Waals surface area contributed by atoms with E-state index in [4.69, 9.17) is 5.11 Å². The first kappa shape index (κ1) is 21.9. The molecule has 1 aliphatic rings. The van der Waals surface area contributed by atoms with Crippen LogP contribution in [-0.4, -0.2) is 59.5 Å².